The van der Waals surface area contributed by atoms with E-state index in [4.69, 9.17) is 4.74 Å². The van der Waals surface area contributed by atoms with E-state index in [9.17, 15) is 0 Å². The van der Waals surface area contributed by atoms with Gasteiger partial charge >= 0.3 is 99.9 Å². The molecule has 2 nitrogen and oxygen atoms in total. The predicted molar refractivity (Wildman–Crippen MR) is 66.5 cm³/mol. The third-order valence-electron chi connectivity index (χ3n) is 2.75. The van der Waals surface area contributed by atoms with Gasteiger partial charge < -0.3 is 0 Å². The predicted octanol–water partition coefficient (Wildman–Crippen LogP) is 1.12. The van der Waals surface area contributed by atoms with Gasteiger partial charge in [-0.1, -0.05) is 0 Å². The van der Waals surface area contributed by atoms with Gasteiger partial charge in [0.05, 0.1) is 0 Å². The minimum absolute atomic E-state index is 0.860. The van der Waals surface area contributed by atoms with E-state index in [1.165, 1.54) is 22.9 Å². The first-order valence-corrected chi connectivity index (χ1v) is 7.23. The van der Waals surface area contributed by atoms with Gasteiger partial charge in [-0.25, -0.2) is 0 Å². The van der Waals surface area contributed by atoms with Gasteiger partial charge in [0.25, 0.3) is 0 Å². The van der Waals surface area contributed by atoms with Gasteiger partial charge in [-0.05, 0) is 0 Å². The second-order valence-electron chi connectivity index (χ2n) is 3.80. The van der Waals surface area contributed by atoms with Crippen LogP contribution in [0.2, 0.25) is 5.21 Å². The zero-order valence-corrected chi connectivity index (χ0v) is 11.4. The fraction of sp³-hybridized carbons (Fsp3) is 0.500. The molecular formula is C12H18AsNO. The summed E-state index contributed by atoms with van der Waals surface area (Å²) in [5.74, 6) is 0. The van der Waals surface area contributed by atoms with Crippen molar-refractivity contribution in [1.29, 1.82) is 0 Å². The first kappa shape index (κ1) is 11.0. The summed E-state index contributed by atoms with van der Waals surface area (Å²) in [7, 11) is 0. The Hall–Kier alpha value is -0.462. The Labute approximate surface area is 100 Å². The van der Waals surface area contributed by atoms with Crippen molar-refractivity contribution in [1.82, 2.24) is 0 Å². The van der Waals surface area contributed by atoms with Gasteiger partial charge in [0.1, 0.15) is 0 Å². The normalized spacial score (nSPS) is 16.7. The molecule has 82 valence electrons. The number of nitrogens with zero attached hydrogens (tertiary/aromatic N) is 1. The molecule has 1 heterocycles. The van der Waals surface area contributed by atoms with E-state index in [0.717, 1.165) is 26.3 Å². The molecule has 1 aromatic rings. The molecule has 1 aliphatic heterocycles. The molecule has 0 amide bonds. The monoisotopic (exact) mass is 267 g/mol. The number of hydrogen-bond acceptors (Lipinski definition) is 2. The second-order valence-corrected chi connectivity index (χ2v) is 5.02. The van der Waals surface area contributed by atoms with Gasteiger partial charge in [-0.2, -0.15) is 0 Å². The molecule has 1 aliphatic rings. The Morgan fingerprint density at radius 3 is 2.40 bits per heavy atom. The van der Waals surface area contributed by atoms with Crippen LogP contribution in [0, 0.1) is 0 Å². The Morgan fingerprint density at radius 1 is 1.13 bits per heavy atom. The maximum atomic E-state index is 5.34. The summed E-state index contributed by atoms with van der Waals surface area (Å²) in [4.78, 5) is 2.39. The zero-order valence-electron chi connectivity index (χ0n) is 8.98. The average molecular weight is 267 g/mol. The molecule has 0 N–H and O–H groups in total. The molecule has 3 heteroatoms. The van der Waals surface area contributed by atoms with Crippen LogP contribution in [0.4, 0.5) is 5.69 Å². The van der Waals surface area contributed by atoms with Crippen LogP contribution in [0.1, 0.15) is 5.56 Å². The quantitative estimate of drug-likeness (QED) is 0.761. The zero-order chi connectivity index (χ0) is 10.5. The van der Waals surface area contributed by atoms with Crippen LogP contribution in [0.25, 0.3) is 0 Å². The van der Waals surface area contributed by atoms with E-state index in [0.29, 0.717) is 0 Å². The number of morpholine rings is 1. The van der Waals surface area contributed by atoms with Crippen LogP contribution in [-0.2, 0) is 11.2 Å². The Kier molecular flexibility index (Phi) is 4.10. The Morgan fingerprint density at radius 2 is 1.80 bits per heavy atom. The summed E-state index contributed by atoms with van der Waals surface area (Å²) in [6.07, 6.45) is 1.21. The van der Waals surface area contributed by atoms with Crippen molar-refractivity contribution >= 4 is 22.5 Å². The molecule has 0 aromatic heterocycles. The van der Waals surface area contributed by atoms with Crippen molar-refractivity contribution in [2.24, 2.45) is 0 Å². The number of hydrogen-bond donors (Lipinski definition) is 0. The molecule has 0 spiro atoms. The third kappa shape index (κ3) is 2.99. The summed E-state index contributed by atoms with van der Waals surface area (Å²) in [5, 5.41) is 1.28. The SMILES string of the molecule is [AsH2]CCc1ccc(N2CCOCC2)cc1. The standard InChI is InChI=1S/C12H18AsNO/c13-6-5-11-1-3-12(4-2-11)14-7-9-15-10-8-14/h1-4H,5-10,13H2. The third-order valence-corrected chi connectivity index (χ3v) is 3.35. The van der Waals surface area contributed by atoms with Crippen molar-refractivity contribution < 1.29 is 4.74 Å². The van der Waals surface area contributed by atoms with Crippen molar-refractivity contribution in [2.75, 3.05) is 31.2 Å². The first-order valence-electron chi connectivity index (χ1n) is 5.52. The first-order chi connectivity index (χ1) is 7.40. The molecule has 1 aromatic carbocycles. The maximum absolute atomic E-state index is 5.34. The van der Waals surface area contributed by atoms with E-state index in [-0.39, 0.29) is 0 Å². The molecule has 1 unspecified atom stereocenters. The summed E-state index contributed by atoms with van der Waals surface area (Å²) in [6.45, 7) is 3.77. The van der Waals surface area contributed by atoms with Crippen LogP contribution in [0.15, 0.2) is 24.3 Å². The van der Waals surface area contributed by atoms with Crippen LogP contribution in [0.3, 0.4) is 0 Å². The van der Waals surface area contributed by atoms with E-state index in [1.807, 2.05) is 0 Å². The van der Waals surface area contributed by atoms with E-state index < -0.39 is 0 Å². The molecule has 0 bridgehead atoms. The van der Waals surface area contributed by atoms with Gasteiger partial charge in [0.15, 0.2) is 0 Å². The van der Waals surface area contributed by atoms with Crippen molar-refractivity contribution in [3.63, 3.8) is 0 Å². The summed E-state index contributed by atoms with van der Waals surface area (Å²) < 4.78 is 5.34. The molecule has 1 saturated heterocycles. The van der Waals surface area contributed by atoms with Crippen LogP contribution < -0.4 is 4.90 Å². The number of ether oxygens (including phenoxy) is 1. The molecular weight excluding hydrogens is 249 g/mol. The van der Waals surface area contributed by atoms with Gasteiger partial charge in [-0.3, -0.25) is 0 Å². The molecule has 2 rings (SSSR count). The number of rotatable bonds is 3. The number of aryl methyl sites for hydroxylation is 1. The average Bonchev–Trinajstić information content (AvgIpc) is 2.32. The molecule has 1 atom stereocenters. The number of benzene rings is 1. The Balaban J connectivity index is 2.02. The molecule has 0 aliphatic carbocycles. The van der Waals surface area contributed by atoms with Crippen molar-refractivity contribution in [3.05, 3.63) is 29.8 Å². The molecule has 1 fully saturated rings. The number of anilines is 1. The summed E-state index contributed by atoms with van der Waals surface area (Å²) in [5.41, 5.74) is 2.79. The van der Waals surface area contributed by atoms with E-state index >= 15 is 0 Å². The fourth-order valence-corrected chi connectivity index (χ4v) is 2.56. The van der Waals surface area contributed by atoms with Crippen molar-refractivity contribution in [3.8, 4) is 0 Å². The Bertz CT molecular complexity index is 293. The molecule has 0 radical (unpaired) electrons. The van der Waals surface area contributed by atoms with Crippen molar-refractivity contribution in [2.45, 2.75) is 11.6 Å². The van der Waals surface area contributed by atoms with Gasteiger partial charge in [-0.15, -0.1) is 0 Å². The fourth-order valence-electron chi connectivity index (χ4n) is 1.86. The summed E-state index contributed by atoms with van der Waals surface area (Å²) >= 11 is 1.81. The van der Waals surface area contributed by atoms with Gasteiger partial charge in [0.2, 0.25) is 0 Å². The summed E-state index contributed by atoms with van der Waals surface area (Å²) in [6, 6.07) is 8.99. The second kappa shape index (κ2) is 5.58. The molecule has 0 saturated carbocycles. The minimum atomic E-state index is 0.860. The topological polar surface area (TPSA) is 12.5 Å². The van der Waals surface area contributed by atoms with Gasteiger partial charge in [0, 0.05) is 0 Å². The van der Waals surface area contributed by atoms with E-state index in [2.05, 4.69) is 29.2 Å². The van der Waals surface area contributed by atoms with Crippen LogP contribution >= 0.6 is 0 Å². The van der Waals surface area contributed by atoms with E-state index in [1.54, 1.807) is 16.9 Å². The van der Waals surface area contributed by atoms with Crippen LogP contribution in [0.5, 0.6) is 0 Å². The van der Waals surface area contributed by atoms with Crippen LogP contribution in [-0.4, -0.2) is 43.2 Å². The molecule has 15 heavy (non-hydrogen) atoms.